The van der Waals surface area contributed by atoms with E-state index in [1.54, 1.807) is 12.1 Å². The predicted molar refractivity (Wildman–Crippen MR) is 80.1 cm³/mol. The van der Waals surface area contributed by atoms with Crippen molar-refractivity contribution >= 4 is 11.7 Å². The number of hydrogen-bond acceptors (Lipinski definition) is 2. The van der Waals surface area contributed by atoms with E-state index in [0.717, 1.165) is 23.1 Å². The molecule has 4 atom stereocenters. The summed E-state index contributed by atoms with van der Waals surface area (Å²) in [6, 6.07) is 5.71. The molecular formula is C17H21NO2. The van der Waals surface area contributed by atoms with Gasteiger partial charge in [0.2, 0.25) is 0 Å². The van der Waals surface area contributed by atoms with Crippen LogP contribution in [0.2, 0.25) is 0 Å². The van der Waals surface area contributed by atoms with Gasteiger partial charge in [-0.3, -0.25) is 0 Å². The Hall–Kier alpha value is -1.77. The third kappa shape index (κ3) is 2.33. The molecule has 2 bridgehead atoms. The van der Waals surface area contributed by atoms with Crippen LogP contribution in [0.1, 0.15) is 35.7 Å². The van der Waals surface area contributed by atoms with Crippen molar-refractivity contribution in [1.82, 2.24) is 0 Å². The van der Waals surface area contributed by atoms with Crippen molar-refractivity contribution in [3.63, 3.8) is 0 Å². The lowest BCUT2D eigenvalue weighted by Gasteiger charge is -2.27. The number of carbonyl (C=O) groups is 1. The van der Waals surface area contributed by atoms with Crippen LogP contribution < -0.4 is 5.32 Å². The molecule has 1 saturated carbocycles. The Morgan fingerprint density at radius 2 is 2.15 bits per heavy atom. The lowest BCUT2D eigenvalue weighted by atomic mass is 9.87. The Balaban J connectivity index is 1.71. The molecule has 2 aliphatic carbocycles. The molecule has 2 N–H and O–H groups in total. The maximum atomic E-state index is 11.0. The lowest BCUT2D eigenvalue weighted by molar-refractivity contribution is 0.0697. The number of fused-ring (bicyclic) bond motifs is 2. The average Bonchev–Trinajstić information content (AvgIpc) is 3.03. The van der Waals surface area contributed by atoms with Gasteiger partial charge in [-0.15, -0.1) is 0 Å². The number of aromatic carboxylic acids is 1. The monoisotopic (exact) mass is 271 g/mol. The Morgan fingerprint density at radius 1 is 1.35 bits per heavy atom. The number of rotatable bonds is 4. The van der Waals surface area contributed by atoms with E-state index in [1.807, 2.05) is 13.0 Å². The summed E-state index contributed by atoms with van der Waals surface area (Å²) in [4.78, 5) is 11.0. The van der Waals surface area contributed by atoms with Crippen molar-refractivity contribution in [2.24, 2.45) is 17.8 Å². The topological polar surface area (TPSA) is 49.3 Å². The number of nitrogens with one attached hydrogen (secondary N) is 1. The zero-order chi connectivity index (χ0) is 14.3. The van der Waals surface area contributed by atoms with Gasteiger partial charge < -0.3 is 10.4 Å². The molecule has 3 nitrogen and oxygen atoms in total. The van der Waals surface area contributed by atoms with Gasteiger partial charge in [-0.25, -0.2) is 4.79 Å². The number of aryl methyl sites for hydroxylation is 1. The molecule has 106 valence electrons. The van der Waals surface area contributed by atoms with E-state index in [9.17, 15) is 4.79 Å². The Labute approximate surface area is 119 Å². The summed E-state index contributed by atoms with van der Waals surface area (Å²) in [5, 5.41) is 12.6. The minimum absolute atomic E-state index is 0.351. The summed E-state index contributed by atoms with van der Waals surface area (Å²) in [5.41, 5.74) is 2.40. The van der Waals surface area contributed by atoms with Crippen LogP contribution in [0.3, 0.4) is 0 Å². The van der Waals surface area contributed by atoms with Gasteiger partial charge in [0.05, 0.1) is 5.56 Å². The van der Waals surface area contributed by atoms with Gasteiger partial charge in [-0.2, -0.15) is 0 Å². The maximum Gasteiger partial charge on any atom is 0.335 e. The smallest absolute Gasteiger partial charge is 0.335 e. The molecular weight excluding hydrogens is 250 g/mol. The number of allylic oxidation sites excluding steroid dienone is 2. The summed E-state index contributed by atoms with van der Waals surface area (Å²) < 4.78 is 0. The number of anilines is 1. The molecule has 3 heteroatoms. The van der Waals surface area contributed by atoms with Gasteiger partial charge in [-0.1, -0.05) is 12.2 Å². The fraction of sp³-hybridized carbons (Fsp3) is 0.471. The van der Waals surface area contributed by atoms with Crippen LogP contribution in [0.15, 0.2) is 30.4 Å². The first-order valence-corrected chi connectivity index (χ1v) is 7.33. The summed E-state index contributed by atoms with van der Waals surface area (Å²) >= 11 is 0. The molecule has 0 spiro atoms. The predicted octanol–water partition coefficient (Wildman–Crippen LogP) is 3.71. The maximum absolute atomic E-state index is 11.0. The van der Waals surface area contributed by atoms with Gasteiger partial charge in [-0.05, 0) is 68.2 Å². The molecule has 2 aliphatic rings. The average molecular weight is 271 g/mol. The first-order chi connectivity index (χ1) is 9.54. The van der Waals surface area contributed by atoms with Gasteiger partial charge in [0, 0.05) is 11.7 Å². The van der Waals surface area contributed by atoms with E-state index >= 15 is 0 Å². The lowest BCUT2D eigenvalue weighted by Crippen LogP contribution is -2.29. The molecule has 0 saturated heterocycles. The van der Waals surface area contributed by atoms with Crippen molar-refractivity contribution in [3.05, 3.63) is 41.5 Å². The highest BCUT2D eigenvalue weighted by Gasteiger charge is 2.38. The van der Waals surface area contributed by atoms with E-state index in [-0.39, 0.29) is 0 Å². The van der Waals surface area contributed by atoms with Gasteiger partial charge >= 0.3 is 5.97 Å². The largest absolute Gasteiger partial charge is 0.478 e. The van der Waals surface area contributed by atoms with E-state index in [4.69, 9.17) is 5.11 Å². The second kappa shape index (κ2) is 4.97. The van der Waals surface area contributed by atoms with Gasteiger partial charge in [0.25, 0.3) is 0 Å². The van der Waals surface area contributed by atoms with E-state index < -0.39 is 5.97 Å². The normalized spacial score (nSPS) is 28.6. The van der Waals surface area contributed by atoms with Crippen molar-refractivity contribution in [2.75, 3.05) is 5.32 Å². The zero-order valence-corrected chi connectivity index (χ0v) is 12.0. The summed E-state index contributed by atoms with van der Waals surface area (Å²) in [6.07, 6.45) is 7.33. The van der Waals surface area contributed by atoms with Gasteiger partial charge in [0.1, 0.15) is 0 Å². The Kier molecular flexibility index (Phi) is 3.28. The van der Waals surface area contributed by atoms with Crippen LogP contribution >= 0.6 is 0 Å². The highest BCUT2D eigenvalue weighted by Crippen LogP contribution is 2.45. The van der Waals surface area contributed by atoms with Crippen LogP contribution in [0, 0.1) is 24.7 Å². The summed E-state index contributed by atoms with van der Waals surface area (Å²) in [7, 11) is 0. The first kappa shape index (κ1) is 13.2. The number of carboxylic acid groups (broad SMARTS) is 1. The van der Waals surface area contributed by atoms with Crippen molar-refractivity contribution in [1.29, 1.82) is 0 Å². The number of hydrogen-bond donors (Lipinski definition) is 2. The fourth-order valence-electron chi connectivity index (χ4n) is 3.71. The third-order valence-electron chi connectivity index (χ3n) is 4.83. The summed E-state index contributed by atoms with van der Waals surface area (Å²) in [5.74, 6) is 1.33. The molecule has 20 heavy (non-hydrogen) atoms. The molecule has 0 aromatic heterocycles. The van der Waals surface area contributed by atoms with Crippen LogP contribution in [0.25, 0.3) is 0 Å². The molecule has 0 amide bonds. The van der Waals surface area contributed by atoms with E-state index in [1.165, 1.54) is 12.8 Å². The SMILES string of the molecule is Cc1cc(C(=O)O)ccc1NC(C)C1CC2C=CC1C2. The number of benzene rings is 1. The van der Waals surface area contributed by atoms with Crippen LogP contribution in [-0.2, 0) is 0 Å². The second-order valence-electron chi connectivity index (χ2n) is 6.21. The molecule has 0 aliphatic heterocycles. The van der Waals surface area contributed by atoms with Crippen molar-refractivity contribution in [3.8, 4) is 0 Å². The van der Waals surface area contributed by atoms with Gasteiger partial charge in [0.15, 0.2) is 0 Å². The quantitative estimate of drug-likeness (QED) is 0.821. The van der Waals surface area contributed by atoms with Crippen LogP contribution in [-0.4, -0.2) is 17.1 Å². The molecule has 1 aromatic rings. The first-order valence-electron chi connectivity index (χ1n) is 7.33. The number of carboxylic acids is 1. The second-order valence-corrected chi connectivity index (χ2v) is 6.21. The highest BCUT2D eigenvalue weighted by molar-refractivity contribution is 5.88. The van der Waals surface area contributed by atoms with Crippen molar-refractivity contribution < 1.29 is 9.90 Å². The molecule has 1 fully saturated rings. The minimum Gasteiger partial charge on any atom is -0.478 e. The molecule has 4 unspecified atom stereocenters. The molecule has 0 radical (unpaired) electrons. The third-order valence-corrected chi connectivity index (χ3v) is 4.83. The standard InChI is InChI=1S/C17H21NO2/c1-10-7-14(17(19)20)5-6-16(10)18-11(2)15-9-12-3-4-13(15)8-12/h3-7,11-13,15,18H,8-9H2,1-2H3,(H,19,20). The fourth-order valence-corrected chi connectivity index (χ4v) is 3.71. The van der Waals surface area contributed by atoms with E-state index in [2.05, 4.69) is 24.4 Å². The van der Waals surface area contributed by atoms with Crippen LogP contribution in [0.4, 0.5) is 5.69 Å². The minimum atomic E-state index is -0.870. The zero-order valence-electron chi connectivity index (χ0n) is 12.0. The Bertz CT molecular complexity index is 564. The highest BCUT2D eigenvalue weighted by atomic mass is 16.4. The molecule has 0 heterocycles. The molecule has 3 rings (SSSR count). The summed E-state index contributed by atoms with van der Waals surface area (Å²) in [6.45, 7) is 4.20. The van der Waals surface area contributed by atoms with Crippen LogP contribution in [0.5, 0.6) is 0 Å². The molecule has 1 aromatic carbocycles. The Morgan fingerprint density at radius 3 is 2.70 bits per heavy atom. The van der Waals surface area contributed by atoms with E-state index in [0.29, 0.717) is 17.5 Å². The van der Waals surface area contributed by atoms with Crippen molar-refractivity contribution in [2.45, 2.75) is 32.7 Å².